The van der Waals surface area contributed by atoms with Crippen molar-refractivity contribution in [1.82, 2.24) is 9.80 Å². The third-order valence-electron chi connectivity index (χ3n) is 6.23. The van der Waals surface area contributed by atoms with Gasteiger partial charge in [-0.3, -0.25) is 9.80 Å². The van der Waals surface area contributed by atoms with Crippen molar-refractivity contribution in [2.24, 2.45) is 5.92 Å². The number of rotatable bonds is 4. The van der Waals surface area contributed by atoms with E-state index in [-0.39, 0.29) is 12.1 Å². The SMILES string of the molecule is CC(C(=O)OC1CN2CCC1CC2)(c1ccccc1)N1CCOCC1. The topological polar surface area (TPSA) is 42.0 Å². The zero-order chi connectivity index (χ0) is 17.3. The summed E-state index contributed by atoms with van der Waals surface area (Å²) in [4.78, 5) is 18.0. The van der Waals surface area contributed by atoms with E-state index < -0.39 is 5.54 Å². The van der Waals surface area contributed by atoms with Crippen LogP contribution in [0.15, 0.2) is 30.3 Å². The average Bonchev–Trinajstić information content (AvgIpc) is 2.69. The molecule has 0 aliphatic carbocycles. The molecule has 1 aromatic rings. The maximum absolute atomic E-state index is 13.4. The van der Waals surface area contributed by atoms with Gasteiger partial charge in [-0.25, -0.2) is 4.79 Å². The van der Waals surface area contributed by atoms with Gasteiger partial charge in [-0.05, 0) is 44.3 Å². The standard InChI is InChI=1S/C20H28N2O3/c1-20(17-5-3-2-4-6-17,22-11-13-24-14-12-22)19(23)25-18-15-21-9-7-16(18)8-10-21/h2-6,16,18H,7-15H2,1H3. The van der Waals surface area contributed by atoms with E-state index in [0.717, 1.165) is 51.1 Å². The van der Waals surface area contributed by atoms with Gasteiger partial charge in [-0.15, -0.1) is 0 Å². The Morgan fingerprint density at radius 1 is 1.12 bits per heavy atom. The molecule has 25 heavy (non-hydrogen) atoms. The summed E-state index contributed by atoms with van der Waals surface area (Å²) >= 11 is 0. The minimum atomic E-state index is -0.753. The van der Waals surface area contributed by atoms with Gasteiger partial charge in [0.15, 0.2) is 0 Å². The number of nitrogens with zero attached hydrogens (tertiary/aromatic N) is 2. The highest BCUT2D eigenvalue weighted by molar-refractivity contribution is 5.82. The van der Waals surface area contributed by atoms with Crippen LogP contribution in [0, 0.1) is 5.92 Å². The summed E-state index contributed by atoms with van der Waals surface area (Å²) in [7, 11) is 0. The fraction of sp³-hybridized carbons (Fsp3) is 0.650. The molecule has 0 radical (unpaired) electrons. The Morgan fingerprint density at radius 3 is 2.40 bits per heavy atom. The van der Waals surface area contributed by atoms with Crippen LogP contribution < -0.4 is 0 Å². The fourth-order valence-electron chi connectivity index (χ4n) is 4.50. The van der Waals surface area contributed by atoms with Gasteiger partial charge in [0.1, 0.15) is 11.6 Å². The van der Waals surface area contributed by atoms with Gasteiger partial charge in [0, 0.05) is 19.6 Å². The third-order valence-corrected chi connectivity index (χ3v) is 6.23. The van der Waals surface area contributed by atoms with Gasteiger partial charge >= 0.3 is 5.97 Å². The minimum Gasteiger partial charge on any atom is -0.459 e. The maximum Gasteiger partial charge on any atom is 0.331 e. The molecule has 0 aromatic heterocycles. The molecule has 2 unspecified atom stereocenters. The predicted molar refractivity (Wildman–Crippen MR) is 95.2 cm³/mol. The number of piperidine rings is 3. The number of fused-ring (bicyclic) bond motifs is 3. The lowest BCUT2D eigenvalue weighted by atomic mass is 9.85. The molecule has 5 rings (SSSR count). The molecule has 136 valence electrons. The Bertz CT molecular complexity index is 594. The van der Waals surface area contributed by atoms with E-state index in [0.29, 0.717) is 19.1 Å². The van der Waals surface area contributed by atoms with E-state index in [4.69, 9.17) is 9.47 Å². The molecule has 4 aliphatic heterocycles. The van der Waals surface area contributed by atoms with Gasteiger partial charge in [0.25, 0.3) is 0 Å². The summed E-state index contributed by atoms with van der Waals surface area (Å²) in [6.07, 6.45) is 2.34. The quantitative estimate of drug-likeness (QED) is 0.780. The molecule has 4 saturated heterocycles. The largest absolute Gasteiger partial charge is 0.459 e. The van der Waals surface area contributed by atoms with Gasteiger partial charge < -0.3 is 9.47 Å². The number of hydrogen-bond acceptors (Lipinski definition) is 5. The summed E-state index contributed by atoms with van der Waals surface area (Å²) in [5.74, 6) is 0.415. The number of carbonyl (C=O) groups is 1. The lowest BCUT2D eigenvalue weighted by Crippen LogP contribution is -2.58. The van der Waals surface area contributed by atoms with E-state index in [9.17, 15) is 4.79 Å². The lowest BCUT2D eigenvalue weighted by molar-refractivity contribution is -0.176. The van der Waals surface area contributed by atoms with Crippen LogP contribution in [0.2, 0.25) is 0 Å². The number of hydrogen-bond donors (Lipinski definition) is 0. The van der Waals surface area contributed by atoms with Crippen molar-refractivity contribution in [3.05, 3.63) is 35.9 Å². The monoisotopic (exact) mass is 344 g/mol. The molecular weight excluding hydrogens is 316 g/mol. The van der Waals surface area contributed by atoms with Crippen molar-refractivity contribution in [1.29, 1.82) is 0 Å². The molecule has 2 bridgehead atoms. The Labute approximate surface area is 149 Å². The van der Waals surface area contributed by atoms with Crippen LogP contribution in [0.3, 0.4) is 0 Å². The smallest absolute Gasteiger partial charge is 0.331 e. The van der Waals surface area contributed by atoms with Crippen molar-refractivity contribution >= 4 is 5.97 Å². The summed E-state index contributed by atoms with van der Waals surface area (Å²) in [6.45, 7) is 8.03. The first-order valence-corrected chi connectivity index (χ1v) is 9.49. The molecule has 1 aromatic carbocycles. The Balaban J connectivity index is 1.58. The highest BCUT2D eigenvalue weighted by Gasteiger charge is 2.46. The van der Waals surface area contributed by atoms with E-state index in [1.807, 2.05) is 37.3 Å². The van der Waals surface area contributed by atoms with E-state index >= 15 is 0 Å². The summed E-state index contributed by atoms with van der Waals surface area (Å²) in [6, 6.07) is 10.0. The number of ether oxygens (including phenoxy) is 2. The maximum atomic E-state index is 13.4. The van der Waals surface area contributed by atoms with Crippen LogP contribution in [0.25, 0.3) is 0 Å². The molecular formula is C20H28N2O3. The number of esters is 1. The zero-order valence-electron chi connectivity index (χ0n) is 15.0. The van der Waals surface area contributed by atoms with Crippen molar-refractivity contribution in [2.45, 2.75) is 31.4 Å². The number of morpholine rings is 1. The second kappa shape index (κ2) is 7.06. The first-order chi connectivity index (χ1) is 12.2. The molecule has 0 amide bonds. The summed E-state index contributed by atoms with van der Waals surface area (Å²) in [5.41, 5.74) is 0.250. The molecule has 0 spiro atoms. The Morgan fingerprint density at radius 2 is 1.80 bits per heavy atom. The third kappa shape index (κ3) is 3.21. The van der Waals surface area contributed by atoms with Gasteiger partial charge in [-0.2, -0.15) is 0 Å². The van der Waals surface area contributed by atoms with Gasteiger partial charge in [0.2, 0.25) is 0 Å². The molecule has 5 nitrogen and oxygen atoms in total. The molecule has 0 saturated carbocycles. The van der Waals surface area contributed by atoms with Crippen molar-refractivity contribution < 1.29 is 14.3 Å². The Kier molecular flexibility index (Phi) is 4.80. The molecule has 4 aliphatic rings. The molecule has 4 fully saturated rings. The average molecular weight is 344 g/mol. The minimum absolute atomic E-state index is 0.0408. The van der Waals surface area contributed by atoms with E-state index in [1.165, 1.54) is 0 Å². The number of benzene rings is 1. The van der Waals surface area contributed by atoms with E-state index in [2.05, 4.69) is 9.80 Å². The first kappa shape index (κ1) is 17.0. The van der Waals surface area contributed by atoms with Crippen LogP contribution in [0.5, 0.6) is 0 Å². The van der Waals surface area contributed by atoms with Crippen molar-refractivity contribution in [3.63, 3.8) is 0 Å². The van der Waals surface area contributed by atoms with Crippen LogP contribution in [-0.4, -0.2) is 67.8 Å². The highest BCUT2D eigenvalue weighted by atomic mass is 16.5. The summed E-state index contributed by atoms with van der Waals surface area (Å²) in [5, 5.41) is 0. The second-order valence-electron chi connectivity index (χ2n) is 7.62. The lowest BCUT2D eigenvalue weighted by Gasteiger charge is -2.46. The molecule has 2 atom stereocenters. The molecule has 0 N–H and O–H groups in total. The van der Waals surface area contributed by atoms with Crippen LogP contribution in [0.1, 0.15) is 25.3 Å². The van der Waals surface area contributed by atoms with Crippen LogP contribution in [-0.2, 0) is 19.8 Å². The second-order valence-corrected chi connectivity index (χ2v) is 7.62. The van der Waals surface area contributed by atoms with Crippen molar-refractivity contribution in [2.75, 3.05) is 45.9 Å². The van der Waals surface area contributed by atoms with Crippen LogP contribution in [0.4, 0.5) is 0 Å². The number of carbonyl (C=O) groups excluding carboxylic acids is 1. The molecule has 5 heteroatoms. The highest BCUT2D eigenvalue weighted by Crippen LogP contribution is 2.35. The normalized spacial score (nSPS) is 32.1. The van der Waals surface area contributed by atoms with Gasteiger partial charge in [0.05, 0.1) is 13.2 Å². The predicted octanol–water partition coefficient (Wildman–Crippen LogP) is 1.87. The van der Waals surface area contributed by atoms with Crippen LogP contribution >= 0.6 is 0 Å². The summed E-state index contributed by atoms with van der Waals surface area (Å²) < 4.78 is 11.6. The van der Waals surface area contributed by atoms with Gasteiger partial charge in [-0.1, -0.05) is 30.3 Å². The molecule has 4 heterocycles. The fourth-order valence-corrected chi connectivity index (χ4v) is 4.50. The zero-order valence-corrected chi connectivity index (χ0v) is 15.0. The Hall–Kier alpha value is -1.43. The first-order valence-electron chi connectivity index (χ1n) is 9.49. The van der Waals surface area contributed by atoms with Crippen molar-refractivity contribution in [3.8, 4) is 0 Å². The van der Waals surface area contributed by atoms with E-state index in [1.54, 1.807) is 0 Å².